The second kappa shape index (κ2) is 8.42. The van der Waals surface area contributed by atoms with Crippen LogP contribution in [0.5, 0.6) is 0 Å². The molecule has 2 N–H and O–H groups in total. The first-order valence-corrected chi connectivity index (χ1v) is 8.00. The highest BCUT2D eigenvalue weighted by Crippen LogP contribution is 2.23. The van der Waals surface area contributed by atoms with Crippen LogP contribution in [0, 0.1) is 0 Å². The summed E-state index contributed by atoms with van der Waals surface area (Å²) in [4.78, 5) is 11.8. The lowest BCUT2D eigenvalue weighted by atomic mass is 10.1. The minimum Gasteiger partial charge on any atom is -0.352 e. The van der Waals surface area contributed by atoms with Crippen molar-refractivity contribution in [2.45, 2.75) is 25.7 Å². The molecule has 2 rings (SSSR count). The lowest BCUT2D eigenvalue weighted by molar-refractivity contribution is -0.121. The van der Waals surface area contributed by atoms with E-state index in [1.165, 1.54) is 5.57 Å². The molecule has 1 aliphatic rings. The Kier molecular flexibility index (Phi) is 6.55. The first-order chi connectivity index (χ1) is 10.1. The molecule has 0 saturated heterocycles. The molecule has 21 heavy (non-hydrogen) atoms. The fourth-order valence-electron chi connectivity index (χ4n) is 2.28. The molecule has 0 aromatic heterocycles. The summed E-state index contributed by atoms with van der Waals surface area (Å²) in [6, 6.07) is 5.61. The van der Waals surface area contributed by atoms with E-state index in [-0.39, 0.29) is 5.91 Å². The molecular formula is C16H20Cl2N2O. The van der Waals surface area contributed by atoms with Crippen molar-refractivity contribution in [3.05, 3.63) is 45.5 Å². The summed E-state index contributed by atoms with van der Waals surface area (Å²) in [7, 11) is 0. The summed E-state index contributed by atoms with van der Waals surface area (Å²) in [5, 5.41) is 7.36. The molecule has 1 aromatic rings. The van der Waals surface area contributed by atoms with Crippen molar-refractivity contribution in [3.8, 4) is 0 Å². The monoisotopic (exact) mass is 326 g/mol. The first kappa shape index (κ1) is 16.3. The van der Waals surface area contributed by atoms with E-state index in [0.717, 1.165) is 37.9 Å². The highest BCUT2D eigenvalue weighted by Gasteiger charge is 2.06. The van der Waals surface area contributed by atoms with Gasteiger partial charge in [-0.2, -0.15) is 0 Å². The van der Waals surface area contributed by atoms with Gasteiger partial charge in [-0.3, -0.25) is 4.79 Å². The molecule has 0 atom stereocenters. The third-order valence-electron chi connectivity index (χ3n) is 3.52. The molecule has 0 saturated carbocycles. The van der Waals surface area contributed by atoms with Gasteiger partial charge in [0.1, 0.15) is 0 Å². The fourth-order valence-corrected chi connectivity index (χ4v) is 2.60. The van der Waals surface area contributed by atoms with Crippen LogP contribution in [0.3, 0.4) is 0 Å². The van der Waals surface area contributed by atoms with E-state index in [4.69, 9.17) is 23.2 Å². The average molecular weight is 327 g/mol. The van der Waals surface area contributed by atoms with Crippen LogP contribution in [-0.2, 0) is 11.2 Å². The quantitative estimate of drug-likeness (QED) is 0.787. The second-order valence-corrected chi connectivity index (χ2v) is 6.01. The van der Waals surface area contributed by atoms with Crippen LogP contribution in [0.15, 0.2) is 29.8 Å². The molecule has 1 aromatic carbocycles. The number of carbonyl (C=O) groups is 1. The fraction of sp³-hybridized carbons (Fsp3) is 0.438. The smallest absolute Gasteiger partial charge is 0.220 e. The van der Waals surface area contributed by atoms with Gasteiger partial charge in [0.25, 0.3) is 0 Å². The third kappa shape index (κ3) is 5.70. The molecule has 1 aliphatic heterocycles. The van der Waals surface area contributed by atoms with Crippen molar-refractivity contribution < 1.29 is 4.79 Å². The summed E-state index contributed by atoms with van der Waals surface area (Å²) < 4.78 is 0. The molecule has 3 nitrogen and oxygen atoms in total. The van der Waals surface area contributed by atoms with E-state index in [9.17, 15) is 4.79 Å². The second-order valence-electron chi connectivity index (χ2n) is 5.20. The SMILES string of the molecule is O=C(CCCc1ccc(Cl)c(Cl)c1)NCC1=CCNCC1. The molecule has 1 heterocycles. The Bertz CT molecular complexity index is 529. The van der Waals surface area contributed by atoms with Gasteiger partial charge < -0.3 is 10.6 Å². The number of hydrogen-bond donors (Lipinski definition) is 2. The molecule has 0 radical (unpaired) electrons. The third-order valence-corrected chi connectivity index (χ3v) is 4.26. The summed E-state index contributed by atoms with van der Waals surface area (Å²) >= 11 is 11.8. The van der Waals surface area contributed by atoms with Gasteiger partial charge in [-0.15, -0.1) is 0 Å². The number of hydrogen-bond acceptors (Lipinski definition) is 2. The van der Waals surface area contributed by atoms with Gasteiger partial charge in [0, 0.05) is 19.5 Å². The summed E-state index contributed by atoms with van der Waals surface area (Å²) in [6.45, 7) is 2.58. The van der Waals surface area contributed by atoms with E-state index in [2.05, 4.69) is 16.7 Å². The van der Waals surface area contributed by atoms with Gasteiger partial charge in [-0.25, -0.2) is 0 Å². The summed E-state index contributed by atoms with van der Waals surface area (Å²) in [5.74, 6) is 0.106. The van der Waals surface area contributed by atoms with Gasteiger partial charge in [-0.05, 0) is 43.5 Å². The largest absolute Gasteiger partial charge is 0.352 e. The van der Waals surface area contributed by atoms with Crippen LogP contribution in [-0.4, -0.2) is 25.5 Å². The van der Waals surface area contributed by atoms with Gasteiger partial charge in [-0.1, -0.05) is 40.9 Å². The van der Waals surface area contributed by atoms with Crippen LogP contribution < -0.4 is 10.6 Å². The van der Waals surface area contributed by atoms with Gasteiger partial charge in [0.2, 0.25) is 5.91 Å². The highest BCUT2D eigenvalue weighted by atomic mass is 35.5. The maximum atomic E-state index is 11.8. The molecule has 5 heteroatoms. The number of rotatable bonds is 6. The molecule has 0 spiro atoms. The lowest BCUT2D eigenvalue weighted by Gasteiger charge is -2.14. The zero-order valence-electron chi connectivity index (χ0n) is 11.9. The van der Waals surface area contributed by atoms with Crippen LogP contribution >= 0.6 is 23.2 Å². The zero-order valence-corrected chi connectivity index (χ0v) is 13.4. The summed E-state index contributed by atoms with van der Waals surface area (Å²) in [6.07, 6.45) is 5.34. The van der Waals surface area contributed by atoms with Crippen LogP contribution in [0.2, 0.25) is 10.0 Å². The van der Waals surface area contributed by atoms with Crippen molar-refractivity contribution in [1.29, 1.82) is 0 Å². The van der Waals surface area contributed by atoms with Crippen molar-refractivity contribution in [3.63, 3.8) is 0 Å². The van der Waals surface area contributed by atoms with E-state index < -0.39 is 0 Å². The predicted octanol–water partition coefficient (Wildman–Crippen LogP) is 3.35. The van der Waals surface area contributed by atoms with E-state index in [1.54, 1.807) is 6.07 Å². The van der Waals surface area contributed by atoms with Crippen LogP contribution in [0.4, 0.5) is 0 Å². The standard InChI is InChI=1S/C16H20Cl2N2O/c17-14-5-4-12(10-15(14)18)2-1-3-16(21)20-11-13-6-8-19-9-7-13/h4-6,10,19H,1-3,7-9,11H2,(H,20,21). The summed E-state index contributed by atoms with van der Waals surface area (Å²) in [5.41, 5.74) is 2.42. The number of carbonyl (C=O) groups excluding carboxylic acids is 1. The van der Waals surface area contributed by atoms with Crippen molar-refractivity contribution in [2.24, 2.45) is 0 Å². The minimum absolute atomic E-state index is 0.106. The Balaban J connectivity index is 1.66. The van der Waals surface area contributed by atoms with Gasteiger partial charge in [0.15, 0.2) is 0 Å². The topological polar surface area (TPSA) is 41.1 Å². The van der Waals surface area contributed by atoms with Gasteiger partial charge >= 0.3 is 0 Å². The predicted molar refractivity (Wildman–Crippen MR) is 88.0 cm³/mol. The Morgan fingerprint density at radius 3 is 2.86 bits per heavy atom. The van der Waals surface area contributed by atoms with E-state index in [0.29, 0.717) is 23.0 Å². The Hall–Kier alpha value is -1.03. The van der Waals surface area contributed by atoms with Crippen LogP contribution in [0.25, 0.3) is 0 Å². The van der Waals surface area contributed by atoms with Crippen molar-refractivity contribution in [2.75, 3.05) is 19.6 Å². The number of amides is 1. The van der Waals surface area contributed by atoms with Crippen LogP contribution in [0.1, 0.15) is 24.8 Å². The molecule has 114 valence electrons. The normalized spacial score (nSPS) is 14.7. The number of aryl methyl sites for hydroxylation is 1. The molecular weight excluding hydrogens is 307 g/mol. The van der Waals surface area contributed by atoms with Crippen molar-refractivity contribution in [1.82, 2.24) is 10.6 Å². The number of benzene rings is 1. The van der Waals surface area contributed by atoms with E-state index >= 15 is 0 Å². The average Bonchev–Trinajstić information content (AvgIpc) is 2.50. The number of halogens is 2. The molecule has 0 bridgehead atoms. The molecule has 0 fully saturated rings. The lowest BCUT2D eigenvalue weighted by Crippen LogP contribution is -2.29. The Morgan fingerprint density at radius 2 is 2.14 bits per heavy atom. The minimum atomic E-state index is 0.106. The zero-order chi connectivity index (χ0) is 15.1. The first-order valence-electron chi connectivity index (χ1n) is 7.24. The molecule has 0 unspecified atom stereocenters. The number of nitrogens with one attached hydrogen (secondary N) is 2. The Labute approximate surface area is 135 Å². The highest BCUT2D eigenvalue weighted by molar-refractivity contribution is 6.42. The van der Waals surface area contributed by atoms with E-state index in [1.807, 2.05) is 12.1 Å². The Morgan fingerprint density at radius 1 is 1.29 bits per heavy atom. The maximum absolute atomic E-state index is 11.8. The van der Waals surface area contributed by atoms with Crippen molar-refractivity contribution >= 4 is 29.1 Å². The molecule has 1 amide bonds. The van der Waals surface area contributed by atoms with Gasteiger partial charge in [0.05, 0.1) is 10.0 Å². The maximum Gasteiger partial charge on any atom is 0.220 e. The molecule has 0 aliphatic carbocycles.